The van der Waals surface area contributed by atoms with Crippen LogP contribution in [-0.4, -0.2) is 21.4 Å². The second-order valence-corrected chi connectivity index (χ2v) is 4.69. The Morgan fingerprint density at radius 2 is 2.19 bits per heavy atom. The summed E-state index contributed by atoms with van der Waals surface area (Å²) in [6.45, 7) is 8.23. The molecule has 0 fully saturated rings. The lowest BCUT2D eigenvalue weighted by atomic mass is 10.2. The highest BCUT2D eigenvalue weighted by atomic mass is 16.6. The highest BCUT2D eigenvalue weighted by molar-refractivity contribution is 5.94. The number of esters is 1. The van der Waals surface area contributed by atoms with Gasteiger partial charge in [-0.2, -0.15) is 5.10 Å². The van der Waals surface area contributed by atoms with Crippen molar-refractivity contribution >= 4 is 11.8 Å². The zero-order valence-electron chi connectivity index (χ0n) is 10.3. The van der Waals surface area contributed by atoms with Gasteiger partial charge in [-0.15, -0.1) is 0 Å². The van der Waals surface area contributed by atoms with Gasteiger partial charge >= 0.3 is 5.97 Å². The number of aryl methyl sites for hydroxylation is 1. The first-order chi connectivity index (χ1) is 7.33. The van der Waals surface area contributed by atoms with E-state index in [9.17, 15) is 4.79 Å². The molecule has 0 radical (unpaired) electrons. The lowest BCUT2D eigenvalue weighted by molar-refractivity contribution is 0.00706. The van der Waals surface area contributed by atoms with Gasteiger partial charge in [0.15, 0.2) is 5.82 Å². The monoisotopic (exact) mass is 225 g/mol. The lowest BCUT2D eigenvalue weighted by Crippen LogP contribution is -2.24. The summed E-state index contributed by atoms with van der Waals surface area (Å²) in [5, 5.41) is 4.05. The van der Waals surface area contributed by atoms with E-state index in [2.05, 4.69) is 5.10 Å². The maximum absolute atomic E-state index is 11.7. The van der Waals surface area contributed by atoms with Gasteiger partial charge in [0.05, 0.1) is 0 Å². The summed E-state index contributed by atoms with van der Waals surface area (Å²) in [5.74, 6) is -0.199. The zero-order chi connectivity index (χ0) is 12.3. The molecule has 1 aromatic heterocycles. The number of anilines is 1. The SMILES string of the molecule is CCCn1cc(C(=O)OC(C)(C)C)c(N)n1. The molecule has 0 unspecified atom stereocenters. The second kappa shape index (κ2) is 4.55. The summed E-state index contributed by atoms with van der Waals surface area (Å²) in [6.07, 6.45) is 2.57. The van der Waals surface area contributed by atoms with Gasteiger partial charge in [-0.1, -0.05) is 6.92 Å². The minimum Gasteiger partial charge on any atom is -0.456 e. The first-order valence-electron chi connectivity index (χ1n) is 5.39. The van der Waals surface area contributed by atoms with Gasteiger partial charge in [-0.05, 0) is 27.2 Å². The molecule has 0 atom stereocenters. The standard InChI is InChI=1S/C11H19N3O2/c1-5-6-14-7-8(9(12)13-14)10(15)16-11(2,3)4/h7H,5-6H2,1-4H3,(H2,12,13). The Morgan fingerprint density at radius 3 is 2.69 bits per heavy atom. The van der Waals surface area contributed by atoms with Crippen LogP contribution in [0.15, 0.2) is 6.20 Å². The van der Waals surface area contributed by atoms with E-state index in [1.165, 1.54) is 0 Å². The molecule has 0 spiro atoms. The van der Waals surface area contributed by atoms with Crippen LogP contribution in [0.4, 0.5) is 5.82 Å². The average Bonchev–Trinajstić information content (AvgIpc) is 2.44. The fourth-order valence-electron chi connectivity index (χ4n) is 1.27. The molecule has 1 aromatic rings. The molecule has 5 heteroatoms. The Bertz CT molecular complexity index is 377. The normalized spacial score (nSPS) is 11.5. The maximum atomic E-state index is 11.7. The van der Waals surface area contributed by atoms with Gasteiger partial charge < -0.3 is 10.5 Å². The van der Waals surface area contributed by atoms with Crippen molar-refractivity contribution in [1.29, 1.82) is 0 Å². The van der Waals surface area contributed by atoms with E-state index in [4.69, 9.17) is 10.5 Å². The number of ether oxygens (including phenoxy) is 1. The van der Waals surface area contributed by atoms with E-state index >= 15 is 0 Å². The summed E-state index contributed by atoms with van der Waals surface area (Å²) >= 11 is 0. The summed E-state index contributed by atoms with van der Waals surface area (Å²) in [4.78, 5) is 11.7. The molecule has 0 aliphatic heterocycles. The Labute approximate surface area is 95.6 Å². The third-order valence-corrected chi connectivity index (χ3v) is 1.86. The predicted molar refractivity (Wildman–Crippen MR) is 62.1 cm³/mol. The van der Waals surface area contributed by atoms with Gasteiger partial charge in [0.1, 0.15) is 11.2 Å². The van der Waals surface area contributed by atoms with Crippen molar-refractivity contribution in [1.82, 2.24) is 9.78 Å². The van der Waals surface area contributed by atoms with E-state index in [1.807, 2.05) is 27.7 Å². The fourth-order valence-corrected chi connectivity index (χ4v) is 1.27. The van der Waals surface area contributed by atoms with Crippen LogP contribution in [0.5, 0.6) is 0 Å². The number of carbonyl (C=O) groups is 1. The number of aromatic nitrogens is 2. The Hall–Kier alpha value is -1.52. The number of carbonyl (C=O) groups excluding carboxylic acids is 1. The second-order valence-electron chi connectivity index (χ2n) is 4.69. The molecule has 0 amide bonds. The van der Waals surface area contributed by atoms with Crippen LogP contribution in [0.3, 0.4) is 0 Å². The minimum absolute atomic E-state index is 0.225. The van der Waals surface area contributed by atoms with Crippen molar-refractivity contribution < 1.29 is 9.53 Å². The first-order valence-corrected chi connectivity index (χ1v) is 5.39. The van der Waals surface area contributed by atoms with Crippen LogP contribution in [0.25, 0.3) is 0 Å². The van der Waals surface area contributed by atoms with Crippen molar-refractivity contribution in [3.63, 3.8) is 0 Å². The molecular weight excluding hydrogens is 206 g/mol. The summed E-state index contributed by atoms with van der Waals surface area (Å²) in [7, 11) is 0. The third-order valence-electron chi connectivity index (χ3n) is 1.86. The van der Waals surface area contributed by atoms with E-state index in [-0.39, 0.29) is 5.82 Å². The number of nitrogen functional groups attached to an aromatic ring is 1. The van der Waals surface area contributed by atoms with Gasteiger partial charge in [-0.25, -0.2) is 4.79 Å². The highest BCUT2D eigenvalue weighted by Crippen LogP contribution is 2.16. The number of rotatable bonds is 3. The quantitative estimate of drug-likeness (QED) is 0.797. The van der Waals surface area contributed by atoms with Crippen LogP contribution in [0.2, 0.25) is 0 Å². The summed E-state index contributed by atoms with van der Waals surface area (Å²) in [6, 6.07) is 0. The Balaban J connectivity index is 2.83. The van der Waals surface area contributed by atoms with E-state index in [0.29, 0.717) is 5.56 Å². The van der Waals surface area contributed by atoms with Gasteiger partial charge in [0, 0.05) is 12.7 Å². The molecule has 0 saturated carbocycles. The predicted octanol–water partition coefficient (Wildman–Crippen LogP) is 1.83. The molecule has 1 heterocycles. The van der Waals surface area contributed by atoms with E-state index < -0.39 is 11.6 Å². The highest BCUT2D eigenvalue weighted by Gasteiger charge is 2.21. The summed E-state index contributed by atoms with van der Waals surface area (Å²) < 4.78 is 6.89. The van der Waals surface area contributed by atoms with Crippen molar-refractivity contribution in [2.45, 2.75) is 46.3 Å². The van der Waals surface area contributed by atoms with E-state index in [1.54, 1.807) is 10.9 Å². The maximum Gasteiger partial charge on any atom is 0.344 e. The Morgan fingerprint density at radius 1 is 1.56 bits per heavy atom. The molecule has 5 nitrogen and oxygen atoms in total. The van der Waals surface area contributed by atoms with Crippen molar-refractivity contribution in [2.24, 2.45) is 0 Å². The molecule has 90 valence electrons. The molecule has 0 bridgehead atoms. The number of nitrogens with two attached hydrogens (primary N) is 1. The van der Waals surface area contributed by atoms with Gasteiger partial charge in [-0.3, -0.25) is 4.68 Å². The van der Waals surface area contributed by atoms with Crippen LogP contribution in [-0.2, 0) is 11.3 Å². The minimum atomic E-state index is -0.517. The number of hydrogen-bond acceptors (Lipinski definition) is 4. The Kier molecular flexibility index (Phi) is 3.57. The zero-order valence-corrected chi connectivity index (χ0v) is 10.3. The average molecular weight is 225 g/mol. The number of nitrogens with zero attached hydrogens (tertiary/aromatic N) is 2. The van der Waals surface area contributed by atoms with Gasteiger partial charge in [0.25, 0.3) is 0 Å². The summed E-state index contributed by atoms with van der Waals surface area (Å²) in [5.41, 5.74) is 5.48. The molecule has 2 N–H and O–H groups in total. The third kappa shape index (κ3) is 3.25. The molecule has 0 aromatic carbocycles. The van der Waals surface area contributed by atoms with Crippen molar-refractivity contribution in [2.75, 3.05) is 5.73 Å². The van der Waals surface area contributed by atoms with Crippen LogP contribution in [0.1, 0.15) is 44.5 Å². The fraction of sp³-hybridized carbons (Fsp3) is 0.636. The van der Waals surface area contributed by atoms with E-state index in [0.717, 1.165) is 13.0 Å². The molecule has 16 heavy (non-hydrogen) atoms. The lowest BCUT2D eigenvalue weighted by Gasteiger charge is -2.18. The van der Waals surface area contributed by atoms with Gasteiger partial charge in [0.2, 0.25) is 0 Å². The molecule has 0 aliphatic rings. The number of hydrogen-bond donors (Lipinski definition) is 1. The topological polar surface area (TPSA) is 70.1 Å². The smallest absolute Gasteiger partial charge is 0.344 e. The van der Waals surface area contributed by atoms with Crippen LogP contribution >= 0.6 is 0 Å². The largest absolute Gasteiger partial charge is 0.456 e. The molecule has 0 saturated heterocycles. The van der Waals surface area contributed by atoms with Crippen LogP contribution < -0.4 is 5.73 Å². The first kappa shape index (κ1) is 12.5. The molecule has 1 rings (SSSR count). The molecule has 0 aliphatic carbocycles. The molecular formula is C11H19N3O2. The van der Waals surface area contributed by atoms with Crippen molar-refractivity contribution in [3.8, 4) is 0 Å². The van der Waals surface area contributed by atoms with Crippen LogP contribution in [0, 0.1) is 0 Å². The van der Waals surface area contributed by atoms with Crippen molar-refractivity contribution in [3.05, 3.63) is 11.8 Å².